The molecule has 0 aliphatic heterocycles. The molecule has 0 unspecified atom stereocenters. The van der Waals surface area contributed by atoms with Gasteiger partial charge in [0.05, 0.1) is 5.02 Å². The molecule has 2 amide bonds. The van der Waals surface area contributed by atoms with Crippen molar-refractivity contribution in [2.45, 2.75) is 26.3 Å². The van der Waals surface area contributed by atoms with Crippen molar-refractivity contribution in [1.29, 1.82) is 0 Å². The van der Waals surface area contributed by atoms with Gasteiger partial charge in [-0.1, -0.05) is 16.8 Å². The first-order valence-electron chi connectivity index (χ1n) is 7.17. The second-order valence-electron chi connectivity index (χ2n) is 6.19. The first-order valence-corrected chi connectivity index (χ1v) is 7.54. The van der Waals surface area contributed by atoms with E-state index < -0.39 is 29.0 Å². The number of carbonyl (C=O) groups excluding carboxylic acids is 3. The van der Waals surface area contributed by atoms with Crippen LogP contribution in [0.4, 0.5) is 10.1 Å². The number of anilines is 1. The summed E-state index contributed by atoms with van der Waals surface area (Å²) in [7, 11) is 0. The Labute approximate surface area is 147 Å². The average molecular weight is 368 g/mol. The molecule has 2 aromatic rings. The normalized spacial score (nSPS) is 11.1. The molecule has 25 heavy (non-hydrogen) atoms. The molecule has 7 nitrogen and oxygen atoms in total. The molecule has 0 saturated heterocycles. The molecule has 0 fully saturated rings. The van der Waals surface area contributed by atoms with Gasteiger partial charge in [0.1, 0.15) is 5.82 Å². The highest BCUT2D eigenvalue weighted by Crippen LogP contribution is 2.20. The highest BCUT2D eigenvalue weighted by Gasteiger charge is 2.26. The van der Waals surface area contributed by atoms with Crippen molar-refractivity contribution in [3.8, 4) is 0 Å². The van der Waals surface area contributed by atoms with Crippen LogP contribution in [0.25, 0.3) is 0 Å². The van der Waals surface area contributed by atoms with E-state index in [1.54, 1.807) is 20.8 Å². The molecule has 0 saturated carbocycles. The fourth-order valence-corrected chi connectivity index (χ4v) is 1.95. The van der Waals surface area contributed by atoms with E-state index in [4.69, 9.17) is 16.1 Å². The number of amides is 2. The maximum absolute atomic E-state index is 13.1. The van der Waals surface area contributed by atoms with Crippen molar-refractivity contribution in [3.05, 3.63) is 46.6 Å². The van der Waals surface area contributed by atoms with E-state index in [1.807, 2.05) is 0 Å². The van der Waals surface area contributed by atoms with Crippen molar-refractivity contribution < 1.29 is 23.3 Å². The van der Waals surface area contributed by atoms with E-state index in [0.29, 0.717) is 0 Å². The quantitative estimate of drug-likeness (QED) is 0.639. The number of hydrogen-bond acceptors (Lipinski definition) is 5. The van der Waals surface area contributed by atoms with Crippen LogP contribution in [0.5, 0.6) is 0 Å². The van der Waals surface area contributed by atoms with Gasteiger partial charge in [0.25, 0.3) is 17.6 Å². The van der Waals surface area contributed by atoms with Crippen molar-refractivity contribution >= 4 is 34.9 Å². The lowest BCUT2D eigenvalue weighted by Crippen LogP contribution is -2.44. The smallest absolute Gasteiger partial charge is 0.296 e. The molecule has 0 aliphatic carbocycles. The van der Waals surface area contributed by atoms with E-state index in [2.05, 4.69) is 15.8 Å². The van der Waals surface area contributed by atoms with Gasteiger partial charge in [-0.3, -0.25) is 14.4 Å². The largest absolute Gasteiger partial charge is 0.352 e. The van der Waals surface area contributed by atoms with Crippen molar-refractivity contribution in [2.75, 3.05) is 5.32 Å². The zero-order chi connectivity index (χ0) is 18.8. The number of carbonyl (C=O) groups is 3. The lowest BCUT2D eigenvalue weighted by Gasteiger charge is -2.19. The zero-order valence-electron chi connectivity index (χ0n) is 13.6. The number of hydrogen-bond donors (Lipinski definition) is 2. The Morgan fingerprint density at radius 2 is 1.88 bits per heavy atom. The molecule has 2 N–H and O–H groups in total. The minimum Gasteiger partial charge on any atom is -0.352 e. The van der Waals surface area contributed by atoms with Crippen LogP contribution in [-0.4, -0.2) is 28.3 Å². The Morgan fingerprint density at radius 1 is 1.20 bits per heavy atom. The third-order valence-corrected chi connectivity index (χ3v) is 3.13. The summed E-state index contributed by atoms with van der Waals surface area (Å²) in [5, 5.41) is 8.20. The van der Waals surface area contributed by atoms with Gasteiger partial charge in [-0.15, -0.1) is 0 Å². The Kier molecular flexibility index (Phi) is 5.22. The number of nitrogens with zero attached hydrogens (tertiary/aromatic N) is 1. The Morgan fingerprint density at radius 3 is 2.48 bits per heavy atom. The molecule has 132 valence electrons. The maximum atomic E-state index is 13.1. The molecule has 0 atom stereocenters. The number of Topliss-reactive ketones (excluding diaryl/α,β-unsaturated/α-hetero) is 1. The van der Waals surface area contributed by atoms with E-state index in [0.717, 1.165) is 12.1 Å². The molecule has 2 rings (SSSR count). The van der Waals surface area contributed by atoms with E-state index in [1.165, 1.54) is 12.1 Å². The fraction of sp³-hybridized carbons (Fsp3) is 0.250. The lowest BCUT2D eigenvalue weighted by molar-refractivity contribution is -0.118. The van der Waals surface area contributed by atoms with Gasteiger partial charge in [-0.05, 0) is 39.0 Å². The monoisotopic (exact) mass is 367 g/mol. The molecule has 0 radical (unpaired) electrons. The molecule has 1 heterocycles. The third kappa shape index (κ3) is 4.87. The van der Waals surface area contributed by atoms with Crippen LogP contribution in [0.1, 0.15) is 41.8 Å². The predicted molar refractivity (Wildman–Crippen MR) is 88.1 cm³/mol. The molecule has 0 bridgehead atoms. The first-order chi connectivity index (χ1) is 11.6. The summed E-state index contributed by atoms with van der Waals surface area (Å²) in [6, 6.07) is 4.66. The minimum atomic E-state index is -0.952. The van der Waals surface area contributed by atoms with Gasteiger partial charge in [0, 0.05) is 17.3 Å². The Balaban J connectivity index is 2.09. The molecular formula is C16H15ClFN3O4. The van der Waals surface area contributed by atoms with E-state index >= 15 is 0 Å². The molecule has 0 aliphatic rings. The van der Waals surface area contributed by atoms with Gasteiger partial charge in [0.15, 0.2) is 5.69 Å². The highest BCUT2D eigenvalue weighted by atomic mass is 35.5. The number of benzene rings is 1. The molecular weight excluding hydrogens is 353 g/mol. The summed E-state index contributed by atoms with van der Waals surface area (Å²) in [6.07, 6.45) is 0. The van der Waals surface area contributed by atoms with Crippen molar-refractivity contribution in [2.24, 2.45) is 0 Å². The lowest BCUT2D eigenvalue weighted by atomic mass is 10.1. The summed E-state index contributed by atoms with van der Waals surface area (Å²) in [5.74, 6) is -3.53. The van der Waals surface area contributed by atoms with Crippen LogP contribution in [0.2, 0.25) is 5.02 Å². The minimum absolute atomic E-state index is 0.160. The molecule has 9 heteroatoms. The average Bonchev–Trinajstić information content (AvgIpc) is 2.98. The number of nitrogens with one attached hydrogen (secondary N) is 2. The number of halogens is 2. The highest BCUT2D eigenvalue weighted by molar-refractivity contribution is 6.42. The second kappa shape index (κ2) is 7.02. The number of rotatable bonds is 4. The molecule has 1 aromatic carbocycles. The van der Waals surface area contributed by atoms with Crippen LogP contribution >= 0.6 is 11.6 Å². The van der Waals surface area contributed by atoms with Gasteiger partial charge < -0.3 is 15.2 Å². The standard InChI is InChI=1S/C16H15ClFN3O4/c1-16(2,3)20-15(24)13(22)12-7-11(21-25-12)14(23)19-8-4-5-10(18)9(17)6-8/h4-7H,1-3H3,(H,19,23)(H,20,24). The fourth-order valence-electron chi connectivity index (χ4n) is 1.77. The third-order valence-electron chi connectivity index (χ3n) is 2.84. The van der Waals surface area contributed by atoms with Gasteiger partial charge in [-0.2, -0.15) is 0 Å². The zero-order valence-corrected chi connectivity index (χ0v) is 14.4. The SMILES string of the molecule is CC(C)(C)NC(=O)C(=O)c1cc(C(=O)Nc2ccc(F)c(Cl)c2)no1. The summed E-state index contributed by atoms with van der Waals surface area (Å²) in [6.45, 7) is 5.14. The van der Waals surface area contributed by atoms with Crippen LogP contribution in [0.3, 0.4) is 0 Å². The van der Waals surface area contributed by atoms with Crippen molar-refractivity contribution in [1.82, 2.24) is 10.5 Å². The van der Waals surface area contributed by atoms with Crippen molar-refractivity contribution in [3.63, 3.8) is 0 Å². The van der Waals surface area contributed by atoms with Crippen LogP contribution in [-0.2, 0) is 4.79 Å². The number of ketones is 1. The summed E-state index contributed by atoms with van der Waals surface area (Å²) in [4.78, 5) is 35.8. The summed E-state index contributed by atoms with van der Waals surface area (Å²) in [5.41, 5.74) is -0.584. The Hall–Kier alpha value is -2.74. The van der Waals surface area contributed by atoms with Crippen LogP contribution < -0.4 is 10.6 Å². The van der Waals surface area contributed by atoms with Crippen LogP contribution in [0.15, 0.2) is 28.8 Å². The summed E-state index contributed by atoms with van der Waals surface area (Å²) >= 11 is 5.63. The van der Waals surface area contributed by atoms with Gasteiger partial charge in [-0.25, -0.2) is 4.39 Å². The van der Waals surface area contributed by atoms with Gasteiger partial charge in [0.2, 0.25) is 5.76 Å². The van der Waals surface area contributed by atoms with Crippen LogP contribution in [0, 0.1) is 5.82 Å². The molecule has 1 aromatic heterocycles. The first kappa shape index (κ1) is 18.6. The topological polar surface area (TPSA) is 101 Å². The van der Waals surface area contributed by atoms with Gasteiger partial charge >= 0.3 is 0 Å². The van der Waals surface area contributed by atoms with E-state index in [-0.39, 0.29) is 22.2 Å². The maximum Gasteiger partial charge on any atom is 0.296 e. The summed E-state index contributed by atoms with van der Waals surface area (Å²) < 4.78 is 17.9. The second-order valence-corrected chi connectivity index (χ2v) is 6.60. The molecule has 0 spiro atoms. The number of aromatic nitrogens is 1. The Bertz CT molecular complexity index is 842. The van der Waals surface area contributed by atoms with E-state index in [9.17, 15) is 18.8 Å². The predicted octanol–water partition coefficient (Wildman–Crippen LogP) is 2.82.